The van der Waals surface area contributed by atoms with E-state index in [-0.39, 0.29) is 24.5 Å². The first kappa shape index (κ1) is 30.3. The van der Waals surface area contributed by atoms with Gasteiger partial charge in [-0.3, -0.25) is 14.4 Å². The molecule has 220 valence electrons. The maximum Gasteiger partial charge on any atom is 0.310 e. The van der Waals surface area contributed by atoms with Gasteiger partial charge in [0.15, 0.2) is 0 Å². The van der Waals surface area contributed by atoms with Crippen LogP contribution in [0.15, 0.2) is 43.0 Å². The summed E-state index contributed by atoms with van der Waals surface area (Å²) < 4.78 is 6.72. The van der Waals surface area contributed by atoms with Crippen molar-refractivity contribution < 1.29 is 29.3 Å². The van der Waals surface area contributed by atoms with Crippen LogP contribution in [0.3, 0.4) is 0 Å². The van der Waals surface area contributed by atoms with Crippen LogP contribution in [0.25, 0.3) is 0 Å². The lowest BCUT2D eigenvalue weighted by atomic mass is 9.65. The third kappa shape index (κ3) is 4.87. The molecule has 1 aromatic carbocycles. The van der Waals surface area contributed by atoms with Crippen LogP contribution >= 0.6 is 0 Å². The number of hydrogen-bond donors (Lipinski definition) is 2. The molecule has 2 bridgehead atoms. The number of aliphatic carboxylic acids is 1. The summed E-state index contributed by atoms with van der Waals surface area (Å²) in [7, 11) is 0. The summed E-state index contributed by atoms with van der Waals surface area (Å²) in [5.41, 5.74) is -2.02. The number of fused-ring (bicyclic) bond motifs is 1. The van der Waals surface area contributed by atoms with Crippen molar-refractivity contribution in [3.63, 3.8) is 0 Å². The number of rotatable bonds is 11. The number of nitrogens with zero attached hydrogens (tertiary/aromatic N) is 2. The minimum Gasteiger partial charge on any atom is -0.481 e. The average Bonchev–Trinajstić information content (AvgIpc) is 3.48. The van der Waals surface area contributed by atoms with E-state index in [1.54, 1.807) is 11.0 Å². The van der Waals surface area contributed by atoms with E-state index in [0.29, 0.717) is 32.1 Å². The van der Waals surface area contributed by atoms with Crippen molar-refractivity contribution in [2.75, 3.05) is 13.2 Å². The molecule has 2 unspecified atom stereocenters. The zero-order chi connectivity index (χ0) is 29.7. The summed E-state index contributed by atoms with van der Waals surface area (Å²) >= 11 is 0. The molecule has 6 atom stereocenters. The molecule has 1 aromatic rings. The fraction of sp³-hybridized carbons (Fsp3) is 0.656. The second-order valence-electron chi connectivity index (χ2n) is 13.7. The number of amides is 2. The SMILES string of the molecule is C=CCN(C(=O)C1N([C@@H](CO)Cc2ccccc2)C(=O)[C@@H]2[C@@H](C(=O)O)[C@@]3(CC)CCC12O3)C(C)(C)CC(C)(C)C. The molecule has 0 aromatic heterocycles. The van der Waals surface area contributed by atoms with Crippen molar-refractivity contribution in [1.82, 2.24) is 9.80 Å². The van der Waals surface area contributed by atoms with Crippen molar-refractivity contribution in [2.24, 2.45) is 17.3 Å². The predicted octanol–water partition coefficient (Wildman–Crippen LogP) is 4.06. The van der Waals surface area contributed by atoms with Crippen molar-refractivity contribution in [2.45, 2.75) is 102 Å². The average molecular weight is 555 g/mol. The molecule has 0 aliphatic carbocycles. The molecule has 4 rings (SSSR count). The number of aliphatic hydroxyl groups excluding tert-OH is 1. The number of hydrogen-bond acceptors (Lipinski definition) is 5. The second kappa shape index (κ2) is 10.6. The third-order valence-electron chi connectivity index (χ3n) is 9.31. The summed E-state index contributed by atoms with van der Waals surface area (Å²) in [6.45, 7) is 16.1. The molecule has 3 fully saturated rings. The van der Waals surface area contributed by atoms with Crippen molar-refractivity contribution in [3.05, 3.63) is 48.6 Å². The zero-order valence-electron chi connectivity index (χ0n) is 24.9. The molecule has 1 spiro atoms. The number of carboxylic acid groups (broad SMARTS) is 1. The Morgan fingerprint density at radius 3 is 2.38 bits per heavy atom. The van der Waals surface area contributed by atoms with Gasteiger partial charge in [0, 0.05) is 12.1 Å². The van der Waals surface area contributed by atoms with Gasteiger partial charge in [-0.25, -0.2) is 0 Å². The lowest BCUT2D eigenvalue weighted by Crippen LogP contribution is -2.62. The highest BCUT2D eigenvalue weighted by molar-refractivity contribution is 5.98. The molecule has 3 heterocycles. The van der Waals surface area contributed by atoms with Crippen LogP contribution in [0, 0.1) is 17.3 Å². The molecule has 2 amide bonds. The fourth-order valence-corrected chi connectivity index (χ4v) is 8.15. The van der Waals surface area contributed by atoms with E-state index in [2.05, 4.69) is 27.4 Å². The van der Waals surface area contributed by atoms with Crippen LogP contribution in [-0.2, 0) is 25.5 Å². The van der Waals surface area contributed by atoms with E-state index >= 15 is 0 Å². The van der Waals surface area contributed by atoms with Crippen molar-refractivity contribution in [1.29, 1.82) is 0 Å². The van der Waals surface area contributed by atoms with Gasteiger partial charge in [0.1, 0.15) is 17.6 Å². The molecule has 3 aliphatic heterocycles. The number of aliphatic hydroxyl groups is 1. The van der Waals surface area contributed by atoms with Crippen LogP contribution in [0.4, 0.5) is 0 Å². The van der Waals surface area contributed by atoms with Gasteiger partial charge < -0.3 is 24.7 Å². The fourth-order valence-electron chi connectivity index (χ4n) is 8.15. The zero-order valence-corrected chi connectivity index (χ0v) is 24.9. The Morgan fingerprint density at radius 1 is 1.20 bits per heavy atom. The van der Waals surface area contributed by atoms with Gasteiger partial charge in [0.25, 0.3) is 0 Å². The van der Waals surface area contributed by atoms with Crippen LogP contribution < -0.4 is 0 Å². The lowest BCUT2D eigenvalue weighted by Gasteiger charge is -2.46. The number of benzene rings is 1. The number of carbonyl (C=O) groups is 3. The maximum atomic E-state index is 14.9. The van der Waals surface area contributed by atoms with E-state index in [1.165, 1.54) is 4.90 Å². The highest BCUT2D eigenvalue weighted by atomic mass is 16.5. The minimum absolute atomic E-state index is 0.0842. The van der Waals surface area contributed by atoms with Gasteiger partial charge in [-0.15, -0.1) is 6.58 Å². The number of carboxylic acids is 1. The summed E-state index contributed by atoms with van der Waals surface area (Å²) in [6, 6.07) is 7.75. The smallest absolute Gasteiger partial charge is 0.310 e. The van der Waals surface area contributed by atoms with Gasteiger partial charge in [-0.05, 0) is 56.9 Å². The Hall–Kier alpha value is -2.71. The summed E-state index contributed by atoms with van der Waals surface area (Å²) in [5, 5.41) is 21.0. The van der Waals surface area contributed by atoms with E-state index in [9.17, 15) is 24.6 Å². The lowest BCUT2D eigenvalue weighted by molar-refractivity contribution is -0.162. The molecule has 8 nitrogen and oxygen atoms in total. The Kier molecular flexibility index (Phi) is 8.02. The third-order valence-corrected chi connectivity index (χ3v) is 9.31. The van der Waals surface area contributed by atoms with Gasteiger partial charge in [-0.2, -0.15) is 0 Å². The maximum absolute atomic E-state index is 14.9. The predicted molar refractivity (Wildman–Crippen MR) is 152 cm³/mol. The van der Waals surface area contributed by atoms with Gasteiger partial charge in [0.2, 0.25) is 11.8 Å². The number of carbonyl (C=O) groups excluding carboxylic acids is 2. The monoisotopic (exact) mass is 554 g/mol. The molecular weight excluding hydrogens is 508 g/mol. The van der Waals surface area contributed by atoms with E-state index in [0.717, 1.165) is 5.56 Å². The van der Waals surface area contributed by atoms with Gasteiger partial charge in [0.05, 0.1) is 24.2 Å². The Labute approximate surface area is 238 Å². The second-order valence-corrected chi connectivity index (χ2v) is 13.7. The Balaban J connectivity index is 1.86. The molecule has 3 saturated heterocycles. The standard InChI is InChI=1S/C32H46N2O6/c1-8-17-33(30(6,7)20-29(3,4)5)27(37)25-32-16-15-31(9-2,40-32)24(28(38)39)23(32)26(36)34(25)22(19-35)18-21-13-11-10-12-14-21/h8,10-14,22-25,35H,1,9,15-20H2,2-7H3,(H,38,39)/t22-,23+,24+,25?,31-,32?/m1/s1. The van der Waals surface area contributed by atoms with Crippen LogP contribution in [0.1, 0.15) is 72.8 Å². The van der Waals surface area contributed by atoms with Gasteiger partial charge >= 0.3 is 5.97 Å². The molecule has 3 aliphatic rings. The highest BCUT2D eigenvalue weighted by Gasteiger charge is 2.79. The summed E-state index contributed by atoms with van der Waals surface area (Å²) in [5.74, 6) is -3.81. The minimum atomic E-state index is -1.27. The Morgan fingerprint density at radius 2 is 1.85 bits per heavy atom. The summed E-state index contributed by atoms with van der Waals surface area (Å²) in [4.78, 5) is 45.2. The quantitative estimate of drug-likeness (QED) is 0.400. The first-order valence-corrected chi connectivity index (χ1v) is 14.5. The number of ether oxygens (including phenoxy) is 1. The molecule has 8 heteroatoms. The molecule has 40 heavy (non-hydrogen) atoms. The molecule has 2 N–H and O–H groups in total. The number of likely N-dealkylation sites (tertiary alicyclic amines) is 1. The van der Waals surface area contributed by atoms with Crippen LogP contribution in [0.2, 0.25) is 0 Å². The molecule has 0 saturated carbocycles. The first-order valence-electron chi connectivity index (χ1n) is 14.5. The van der Waals surface area contributed by atoms with E-state index in [4.69, 9.17) is 4.74 Å². The van der Waals surface area contributed by atoms with Gasteiger partial charge in [-0.1, -0.05) is 64.1 Å². The molecule has 0 radical (unpaired) electrons. The van der Waals surface area contributed by atoms with Crippen LogP contribution in [-0.4, -0.2) is 79.8 Å². The normalized spacial score (nSPS) is 30.3. The van der Waals surface area contributed by atoms with Crippen LogP contribution in [0.5, 0.6) is 0 Å². The summed E-state index contributed by atoms with van der Waals surface area (Å²) in [6.07, 6.45) is 4.04. The van der Waals surface area contributed by atoms with Crippen molar-refractivity contribution in [3.8, 4) is 0 Å². The Bertz CT molecular complexity index is 1140. The highest BCUT2D eigenvalue weighted by Crippen LogP contribution is 2.64. The first-order chi connectivity index (χ1) is 18.7. The van der Waals surface area contributed by atoms with E-state index < -0.39 is 52.5 Å². The largest absolute Gasteiger partial charge is 0.481 e. The topological polar surface area (TPSA) is 107 Å². The van der Waals surface area contributed by atoms with Crippen molar-refractivity contribution >= 4 is 17.8 Å². The molecular formula is C32H46N2O6. The van der Waals surface area contributed by atoms with E-state index in [1.807, 2.05) is 51.1 Å².